The highest BCUT2D eigenvalue weighted by Gasteiger charge is 2.27. The van der Waals surface area contributed by atoms with Crippen molar-refractivity contribution in [2.75, 3.05) is 13.2 Å². The van der Waals surface area contributed by atoms with E-state index >= 15 is 0 Å². The highest BCUT2D eigenvalue weighted by Crippen LogP contribution is 2.29. The molecule has 1 aliphatic rings. The number of hydrogen-bond donors (Lipinski definition) is 0. The summed E-state index contributed by atoms with van der Waals surface area (Å²) < 4.78 is 21.8. The fourth-order valence-electron chi connectivity index (χ4n) is 3.27. The molecule has 25 heavy (non-hydrogen) atoms. The molecule has 1 fully saturated rings. The molecule has 0 radical (unpaired) electrons. The zero-order chi connectivity index (χ0) is 17.2. The maximum absolute atomic E-state index is 14.0. The summed E-state index contributed by atoms with van der Waals surface area (Å²) in [7, 11) is 0. The number of aromatic nitrogens is 1. The van der Waals surface area contributed by atoms with Crippen LogP contribution >= 0.6 is 0 Å². The van der Waals surface area contributed by atoms with Gasteiger partial charge in [0.25, 0.3) is 0 Å². The molecule has 3 aromatic rings. The standard InChI is InChI=1S/C21H21FN2O/c1-16-6-8-17(9-7-16)14-24-12-13-25-21(24)18-10-11-23(15-18)20-5-3-2-4-19(20)22/h2-11,15,21H,12-14H2,1H3/t21-/m1/s1. The molecule has 3 nitrogen and oxygen atoms in total. The van der Waals surface area contributed by atoms with Gasteiger partial charge in [-0.15, -0.1) is 0 Å². The number of benzene rings is 2. The van der Waals surface area contributed by atoms with Crippen LogP contribution in [0.2, 0.25) is 0 Å². The van der Waals surface area contributed by atoms with Crippen LogP contribution in [0.15, 0.2) is 67.0 Å². The quantitative estimate of drug-likeness (QED) is 0.700. The molecule has 0 N–H and O–H groups in total. The van der Waals surface area contributed by atoms with Gasteiger partial charge in [0.1, 0.15) is 12.0 Å². The minimum atomic E-state index is -0.228. The van der Waals surface area contributed by atoms with E-state index in [9.17, 15) is 4.39 Å². The Morgan fingerprint density at radius 3 is 2.68 bits per heavy atom. The highest BCUT2D eigenvalue weighted by molar-refractivity contribution is 5.35. The Balaban J connectivity index is 1.55. The van der Waals surface area contributed by atoms with Crippen LogP contribution in [-0.4, -0.2) is 22.6 Å². The molecule has 0 spiro atoms. The molecule has 1 aliphatic heterocycles. The molecular weight excluding hydrogens is 315 g/mol. The van der Waals surface area contributed by atoms with Crippen molar-refractivity contribution in [3.8, 4) is 5.69 Å². The smallest absolute Gasteiger partial charge is 0.147 e. The zero-order valence-corrected chi connectivity index (χ0v) is 14.2. The maximum Gasteiger partial charge on any atom is 0.147 e. The van der Waals surface area contributed by atoms with Crippen LogP contribution in [0, 0.1) is 12.7 Å². The second kappa shape index (κ2) is 6.82. The topological polar surface area (TPSA) is 17.4 Å². The minimum absolute atomic E-state index is 0.0886. The first-order valence-corrected chi connectivity index (χ1v) is 8.55. The molecule has 2 heterocycles. The highest BCUT2D eigenvalue weighted by atomic mass is 19.1. The van der Waals surface area contributed by atoms with Crippen molar-refractivity contribution in [2.24, 2.45) is 0 Å². The third-order valence-electron chi connectivity index (χ3n) is 4.62. The van der Waals surface area contributed by atoms with E-state index < -0.39 is 0 Å². The van der Waals surface area contributed by atoms with Crippen LogP contribution in [0.1, 0.15) is 22.9 Å². The lowest BCUT2D eigenvalue weighted by atomic mass is 10.1. The molecule has 0 aliphatic carbocycles. The molecule has 0 bridgehead atoms. The summed E-state index contributed by atoms with van der Waals surface area (Å²) in [5.74, 6) is -0.228. The first kappa shape index (κ1) is 16.1. The molecule has 4 heteroatoms. The number of aryl methyl sites for hydroxylation is 1. The molecule has 2 aromatic carbocycles. The van der Waals surface area contributed by atoms with Crippen molar-refractivity contribution in [3.63, 3.8) is 0 Å². The molecule has 4 rings (SSSR count). The van der Waals surface area contributed by atoms with E-state index in [1.165, 1.54) is 17.2 Å². The maximum atomic E-state index is 14.0. The summed E-state index contributed by atoms with van der Waals surface area (Å²) in [4.78, 5) is 2.31. The van der Waals surface area contributed by atoms with Crippen LogP contribution in [0.4, 0.5) is 4.39 Å². The molecule has 1 saturated heterocycles. The van der Waals surface area contributed by atoms with Gasteiger partial charge in [-0.1, -0.05) is 42.0 Å². The number of ether oxygens (including phenoxy) is 1. The summed E-state index contributed by atoms with van der Waals surface area (Å²) in [5.41, 5.74) is 4.14. The zero-order valence-electron chi connectivity index (χ0n) is 14.2. The largest absolute Gasteiger partial charge is 0.357 e. The second-order valence-corrected chi connectivity index (χ2v) is 6.48. The summed E-state index contributed by atoms with van der Waals surface area (Å²) in [6, 6.07) is 17.4. The number of para-hydroxylation sites is 1. The average molecular weight is 336 g/mol. The lowest BCUT2D eigenvalue weighted by molar-refractivity contribution is 0.0288. The summed E-state index contributed by atoms with van der Waals surface area (Å²) in [6.45, 7) is 4.54. The van der Waals surface area contributed by atoms with Gasteiger partial charge in [-0.3, -0.25) is 4.90 Å². The van der Waals surface area contributed by atoms with E-state index in [0.29, 0.717) is 12.3 Å². The second-order valence-electron chi connectivity index (χ2n) is 6.48. The van der Waals surface area contributed by atoms with Crippen molar-refractivity contribution in [1.82, 2.24) is 9.47 Å². The summed E-state index contributed by atoms with van der Waals surface area (Å²) in [6.07, 6.45) is 3.75. The minimum Gasteiger partial charge on any atom is -0.357 e. The van der Waals surface area contributed by atoms with E-state index in [4.69, 9.17) is 4.74 Å². The van der Waals surface area contributed by atoms with Gasteiger partial charge in [0.15, 0.2) is 0 Å². The first-order valence-electron chi connectivity index (χ1n) is 8.55. The van der Waals surface area contributed by atoms with E-state index in [-0.39, 0.29) is 12.0 Å². The van der Waals surface area contributed by atoms with Crippen molar-refractivity contribution in [3.05, 3.63) is 89.5 Å². The van der Waals surface area contributed by atoms with Gasteiger partial charge in [-0.05, 0) is 30.7 Å². The Bertz CT molecular complexity index is 856. The number of hydrogen-bond acceptors (Lipinski definition) is 2. The third kappa shape index (κ3) is 3.36. The fourth-order valence-corrected chi connectivity index (χ4v) is 3.27. The molecule has 0 amide bonds. The molecule has 1 aromatic heterocycles. The van der Waals surface area contributed by atoms with Gasteiger partial charge in [0, 0.05) is 31.0 Å². The monoisotopic (exact) mass is 336 g/mol. The first-order chi connectivity index (χ1) is 12.2. The number of nitrogens with zero attached hydrogens (tertiary/aromatic N) is 2. The van der Waals surface area contributed by atoms with Crippen molar-refractivity contribution < 1.29 is 9.13 Å². The van der Waals surface area contributed by atoms with Gasteiger partial charge < -0.3 is 9.30 Å². The average Bonchev–Trinajstić information content (AvgIpc) is 3.26. The predicted octanol–water partition coefficient (Wildman–Crippen LogP) is 4.46. The molecule has 0 unspecified atom stereocenters. The van der Waals surface area contributed by atoms with Crippen molar-refractivity contribution in [1.29, 1.82) is 0 Å². The Morgan fingerprint density at radius 1 is 1.08 bits per heavy atom. The van der Waals surface area contributed by atoms with E-state index in [2.05, 4.69) is 36.1 Å². The fraction of sp³-hybridized carbons (Fsp3) is 0.238. The molecular formula is C21H21FN2O. The summed E-state index contributed by atoms with van der Waals surface area (Å²) >= 11 is 0. The van der Waals surface area contributed by atoms with E-state index in [1.807, 2.05) is 29.1 Å². The Hall–Kier alpha value is -2.43. The molecule has 1 atom stereocenters. The van der Waals surface area contributed by atoms with Crippen molar-refractivity contribution in [2.45, 2.75) is 19.7 Å². The lowest BCUT2D eigenvalue weighted by Gasteiger charge is -2.22. The Labute approximate surface area is 147 Å². The van der Waals surface area contributed by atoms with Gasteiger partial charge in [0.05, 0.1) is 12.3 Å². The molecule has 0 saturated carbocycles. The van der Waals surface area contributed by atoms with Crippen LogP contribution in [0.25, 0.3) is 5.69 Å². The summed E-state index contributed by atoms with van der Waals surface area (Å²) in [5, 5.41) is 0. The van der Waals surface area contributed by atoms with E-state index in [0.717, 1.165) is 18.7 Å². The normalized spacial score (nSPS) is 17.9. The van der Waals surface area contributed by atoms with Crippen LogP contribution in [0.5, 0.6) is 0 Å². The van der Waals surface area contributed by atoms with Gasteiger partial charge in [-0.25, -0.2) is 4.39 Å². The predicted molar refractivity (Wildman–Crippen MR) is 96.0 cm³/mol. The van der Waals surface area contributed by atoms with Crippen LogP contribution < -0.4 is 0 Å². The van der Waals surface area contributed by atoms with Gasteiger partial charge >= 0.3 is 0 Å². The van der Waals surface area contributed by atoms with Gasteiger partial charge in [0.2, 0.25) is 0 Å². The van der Waals surface area contributed by atoms with E-state index in [1.54, 1.807) is 12.1 Å². The van der Waals surface area contributed by atoms with Gasteiger partial charge in [-0.2, -0.15) is 0 Å². The lowest BCUT2D eigenvalue weighted by Crippen LogP contribution is -2.23. The third-order valence-corrected chi connectivity index (χ3v) is 4.62. The Morgan fingerprint density at radius 2 is 1.88 bits per heavy atom. The number of rotatable bonds is 4. The van der Waals surface area contributed by atoms with Crippen LogP contribution in [-0.2, 0) is 11.3 Å². The Kier molecular flexibility index (Phi) is 4.38. The van der Waals surface area contributed by atoms with Crippen molar-refractivity contribution >= 4 is 0 Å². The SMILES string of the molecule is Cc1ccc(CN2CCO[C@@H]2c2ccn(-c3ccccc3F)c2)cc1. The number of halogens is 1. The van der Waals surface area contributed by atoms with Crippen LogP contribution in [0.3, 0.4) is 0 Å². The molecule has 128 valence electrons.